The van der Waals surface area contributed by atoms with Crippen LogP contribution in [0.2, 0.25) is 0 Å². The van der Waals surface area contributed by atoms with Crippen LogP contribution < -0.4 is 15.0 Å². The lowest BCUT2D eigenvalue weighted by Crippen LogP contribution is -2.44. The van der Waals surface area contributed by atoms with Crippen molar-refractivity contribution < 1.29 is 4.74 Å². The average molecular weight is 290 g/mol. The van der Waals surface area contributed by atoms with Crippen LogP contribution >= 0.6 is 0 Å². The van der Waals surface area contributed by atoms with Gasteiger partial charge in [-0.2, -0.15) is 0 Å². The Morgan fingerprint density at radius 3 is 2.76 bits per heavy atom. The first kappa shape index (κ1) is 16.2. The van der Waals surface area contributed by atoms with E-state index in [-0.39, 0.29) is 0 Å². The van der Waals surface area contributed by atoms with Crippen molar-refractivity contribution in [2.45, 2.75) is 45.1 Å². The van der Waals surface area contributed by atoms with Gasteiger partial charge in [0.15, 0.2) is 0 Å². The molecule has 1 unspecified atom stereocenters. The van der Waals surface area contributed by atoms with Gasteiger partial charge < -0.3 is 15.0 Å². The maximum Gasteiger partial charge on any atom is 0.120 e. The maximum absolute atomic E-state index is 5.33. The van der Waals surface area contributed by atoms with E-state index in [0.29, 0.717) is 6.04 Å². The van der Waals surface area contributed by atoms with Crippen molar-refractivity contribution in [2.75, 3.05) is 32.1 Å². The van der Waals surface area contributed by atoms with E-state index >= 15 is 0 Å². The van der Waals surface area contributed by atoms with Crippen LogP contribution in [-0.2, 0) is 0 Å². The van der Waals surface area contributed by atoms with E-state index in [0.717, 1.165) is 24.8 Å². The van der Waals surface area contributed by atoms with Gasteiger partial charge in [0.2, 0.25) is 0 Å². The number of nitrogens with zero attached hydrogens (tertiary/aromatic N) is 1. The third-order valence-corrected chi connectivity index (χ3v) is 4.59. The Morgan fingerprint density at radius 1 is 1.33 bits per heavy atom. The first-order valence-corrected chi connectivity index (χ1v) is 8.33. The fraction of sp³-hybridized carbons (Fsp3) is 0.667. The quantitative estimate of drug-likeness (QED) is 0.790. The molecule has 1 saturated carbocycles. The highest BCUT2D eigenvalue weighted by Crippen LogP contribution is 2.29. The summed E-state index contributed by atoms with van der Waals surface area (Å²) in [5.74, 6) is 1.77. The Balaban J connectivity index is 1.99. The predicted molar refractivity (Wildman–Crippen MR) is 90.3 cm³/mol. The topological polar surface area (TPSA) is 24.5 Å². The van der Waals surface area contributed by atoms with E-state index in [1.807, 2.05) is 6.07 Å². The summed E-state index contributed by atoms with van der Waals surface area (Å²) in [7, 11) is 3.91. The number of anilines is 1. The van der Waals surface area contributed by atoms with Crippen LogP contribution in [0, 0.1) is 5.92 Å². The highest BCUT2D eigenvalue weighted by molar-refractivity contribution is 5.50. The summed E-state index contributed by atoms with van der Waals surface area (Å²) < 4.78 is 5.33. The molecule has 118 valence electrons. The second-order valence-electron chi connectivity index (χ2n) is 6.19. The third-order valence-electron chi connectivity index (χ3n) is 4.59. The van der Waals surface area contributed by atoms with Crippen LogP contribution in [-0.4, -0.2) is 33.3 Å². The van der Waals surface area contributed by atoms with Gasteiger partial charge in [-0.05, 0) is 43.9 Å². The molecule has 1 aliphatic carbocycles. The Kier molecular flexibility index (Phi) is 6.37. The molecule has 0 aromatic heterocycles. The van der Waals surface area contributed by atoms with Crippen LogP contribution in [0.25, 0.3) is 0 Å². The molecule has 1 aliphatic rings. The smallest absolute Gasteiger partial charge is 0.120 e. The third kappa shape index (κ3) is 4.63. The summed E-state index contributed by atoms with van der Waals surface area (Å²) in [5.41, 5.74) is 1.23. The van der Waals surface area contributed by atoms with Gasteiger partial charge in [0, 0.05) is 31.4 Å². The minimum atomic E-state index is 0.601. The average Bonchev–Trinajstić information content (AvgIpc) is 3.05. The Hall–Kier alpha value is -1.22. The van der Waals surface area contributed by atoms with Gasteiger partial charge in [-0.3, -0.25) is 0 Å². The molecule has 0 aliphatic heterocycles. The lowest BCUT2D eigenvalue weighted by atomic mass is 9.97. The molecule has 0 bridgehead atoms. The van der Waals surface area contributed by atoms with E-state index in [2.05, 4.69) is 42.4 Å². The molecule has 0 heterocycles. The summed E-state index contributed by atoms with van der Waals surface area (Å²) >= 11 is 0. The number of rotatable bonds is 8. The van der Waals surface area contributed by atoms with Gasteiger partial charge in [-0.15, -0.1) is 0 Å². The van der Waals surface area contributed by atoms with Crippen molar-refractivity contribution in [3.8, 4) is 5.75 Å². The fourth-order valence-corrected chi connectivity index (χ4v) is 3.32. The van der Waals surface area contributed by atoms with Gasteiger partial charge in [-0.25, -0.2) is 0 Å². The molecule has 21 heavy (non-hydrogen) atoms. The SMILES string of the molecule is CCCNC(CN(C)c1cccc(OC)c1)C1CCCC1. The Morgan fingerprint density at radius 2 is 2.10 bits per heavy atom. The van der Waals surface area contributed by atoms with Crippen molar-refractivity contribution in [2.24, 2.45) is 5.92 Å². The molecule has 3 heteroatoms. The van der Waals surface area contributed by atoms with Crippen molar-refractivity contribution in [3.63, 3.8) is 0 Å². The zero-order valence-corrected chi connectivity index (χ0v) is 13.8. The number of hydrogen-bond donors (Lipinski definition) is 1. The fourth-order valence-electron chi connectivity index (χ4n) is 3.32. The largest absolute Gasteiger partial charge is 0.497 e. The molecule has 1 aromatic carbocycles. The zero-order valence-electron chi connectivity index (χ0n) is 13.8. The van der Waals surface area contributed by atoms with Crippen LogP contribution in [0.4, 0.5) is 5.69 Å². The maximum atomic E-state index is 5.33. The van der Waals surface area contributed by atoms with Gasteiger partial charge in [0.05, 0.1) is 7.11 Å². The monoisotopic (exact) mass is 290 g/mol. The Bertz CT molecular complexity index is 415. The van der Waals surface area contributed by atoms with E-state index in [1.165, 1.54) is 37.8 Å². The van der Waals surface area contributed by atoms with Crippen LogP contribution in [0.1, 0.15) is 39.0 Å². The first-order chi connectivity index (χ1) is 10.2. The van der Waals surface area contributed by atoms with Crippen molar-refractivity contribution in [1.29, 1.82) is 0 Å². The molecule has 1 aromatic rings. The molecule has 3 nitrogen and oxygen atoms in total. The van der Waals surface area contributed by atoms with E-state index in [4.69, 9.17) is 4.74 Å². The highest BCUT2D eigenvalue weighted by atomic mass is 16.5. The number of hydrogen-bond acceptors (Lipinski definition) is 3. The molecule has 0 radical (unpaired) electrons. The molecular weight excluding hydrogens is 260 g/mol. The van der Waals surface area contributed by atoms with Crippen LogP contribution in [0.5, 0.6) is 5.75 Å². The number of benzene rings is 1. The first-order valence-electron chi connectivity index (χ1n) is 8.33. The summed E-state index contributed by atoms with van der Waals surface area (Å²) in [4.78, 5) is 2.36. The molecule has 0 spiro atoms. The van der Waals surface area contributed by atoms with Gasteiger partial charge in [0.25, 0.3) is 0 Å². The van der Waals surface area contributed by atoms with Crippen molar-refractivity contribution in [3.05, 3.63) is 24.3 Å². The molecule has 1 fully saturated rings. The number of nitrogens with one attached hydrogen (secondary N) is 1. The molecule has 1 atom stereocenters. The van der Waals surface area contributed by atoms with Crippen molar-refractivity contribution >= 4 is 5.69 Å². The summed E-state index contributed by atoms with van der Waals surface area (Å²) in [5, 5.41) is 3.77. The molecule has 0 saturated heterocycles. The lowest BCUT2D eigenvalue weighted by molar-refractivity contribution is 0.361. The second-order valence-corrected chi connectivity index (χ2v) is 6.19. The van der Waals surface area contributed by atoms with Crippen LogP contribution in [0.15, 0.2) is 24.3 Å². The lowest BCUT2D eigenvalue weighted by Gasteiger charge is -2.30. The standard InChI is InChI=1S/C18H30N2O/c1-4-12-19-18(15-8-5-6-9-15)14-20(2)16-10-7-11-17(13-16)21-3/h7,10-11,13,15,18-19H,4-6,8-9,12,14H2,1-3H3. The number of ether oxygens (including phenoxy) is 1. The van der Waals surface area contributed by atoms with E-state index in [1.54, 1.807) is 7.11 Å². The highest BCUT2D eigenvalue weighted by Gasteiger charge is 2.25. The summed E-state index contributed by atoms with van der Waals surface area (Å²) in [6.45, 7) is 4.43. The second kappa shape index (κ2) is 8.28. The molecule has 1 N–H and O–H groups in total. The summed E-state index contributed by atoms with van der Waals surface area (Å²) in [6.07, 6.45) is 6.77. The number of methoxy groups -OCH3 is 1. The predicted octanol–water partition coefficient (Wildman–Crippen LogP) is 3.69. The minimum Gasteiger partial charge on any atom is -0.497 e. The minimum absolute atomic E-state index is 0.601. The van der Waals surface area contributed by atoms with Crippen molar-refractivity contribution in [1.82, 2.24) is 5.32 Å². The molecular formula is C18H30N2O. The number of likely N-dealkylation sites (N-methyl/N-ethyl adjacent to an activating group) is 1. The normalized spacial score (nSPS) is 16.9. The molecule has 0 amide bonds. The van der Waals surface area contributed by atoms with Crippen LogP contribution in [0.3, 0.4) is 0 Å². The van der Waals surface area contributed by atoms with Gasteiger partial charge in [0.1, 0.15) is 5.75 Å². The van der Waals surface area contributed by atoms with Gasteiger partial charge >= 0.3 is 0 Å². The Labute approximate surface area is 129 Å². The molecule has 2 rings (SSSR count). The van der Waals surface area contributed by atoms with Gasteiger partial charge in [-0.1, -0.05) is 25.8 Å². The summed E-state index contributed by atoms with van der Waals surface area (Å²) in [6, 6.07) is 8.94. The van der Waals surface area contributed by atoms with E-state index in [9.17, 15) is 0 Å². The van der Waals surface area contributed by atoms with E-state index < -0.39 is 0 Å². The zero-order chi connectivity index (χ0) is 15.1.